The predicted molar refractivity (Wildman–Crippen MR) is 97.8 cm³/mol. The molecular weight excluding hydrogens is 333 g/mol. The second kappa shape index (κ2) is 9.78. The molecule has 0 saturated heterocycles. The summed E-state index contributed by atoms with van der Waals surface area (Å²) >= 11 is 5.97. The van der Waals surface area contributed by atoms with Gasteiger partial charge in [0.2, 0.25) is 0 Å². The van der Waals surface area contributed by atoms with E-state index < -0.39 is 6.10 Å². The lowest BCUT2D eigenvalue weighted by Gasteiger charge is -2.18. The predicted octanol–water partition coefficient (Wildman–Crippen LogP) is 4.16. The highest BCUT2D eigenvalue weighted by Crippen LogP contribution is 2.21. The number of aryl methyl sites for hydroxylation is 1. The maximum absolute atomic E-state index is 10.0. The highest BCUT2D eigenvalue weighted by atomic mass is 35.5. The Morgan fingerprint density at radius 1 is 1.17 bits per heavy atom. The first-order valence-corrected chi connectivity index (χ1v) is 7.79. The third-order valence-corrected chi connectivity index (χ3v) is 3.96. The van der Waals surface area contributed by atoms with E-state index in [1.54, 1.807) is 6.07 Å². The van der Waals surface area contributed by atoms with E-state index in [0.29, 0.717) is 11.6 Å². The first-order chi connectivity index (χ1) is 10.6. The molecule has 0 aromatic heterocycles. The number of aliphatic hydroxyl groups excluding tert-OH is 1. The minimum Gasteiger partial charge on any atom is -0.491 e. The number of rotatable bonds is 7. The van der Waals surface area contributed by atoms with Crippen LogP contribution in [-0.4, -0.2) is 24.4 Å². The fraction of sp³-hybridized carbons (Fsp3) is 0.333. The molecule has 5 heteroatoms. The van der Waals surface area contributed by atoms with E-state index in [4.69, 9.17) is 16.3 Å². The highest BCUT2D eigenvalue weighted by Gasteiger charge is 2.09. The van der Waals surface area contributed by atoms with Crippen molar-refractivity contribution in [2.45, 2.75) is 26.0 Å². The Labute approximate surface area is 149 Å². The molecule has 23 heavy (non-hydrogen) atoms. The standard InChI is InChI=1S/C18H22ClNO2.ClH/c1-13-10-17(8-9-18(13)19)22-12-16(21)11-20-14(2)15-6-4-3-5-7-15;/h3-10,14,16,20-21H,11-12H2,1-2H3;1H. The largest absolute Gasteiger partial charge is 0.491 e. The van der Waals surface area contributed by atoms with Crippen molar-refractivity contribution in [2.75, 3.05) is 13.2 Å². The third kappa shape index (κ3) is 6.40. The van der Waals surface area contributed by atoms with Crippen LogP contribution in [-0.2, 0) is 0 Å². The highest BCUT2D eigenvalue weighted by molar-refractivity contribution is 6.31. The minimum absolute atomic E-state index is 0. The van der Waals surface area contributed by atoms with Gasteiger partial charge in [-0.1, -0.05) is 41.9 Å². The van der Waals surface area contributed by atoms with E-state index in [-0.39, 0.29) is 25.1 Å². The van der Waals surface area contributed by atoms with Crippen LogP contribution in [0.5, 0.6) is 5.75 Å². The van der Waals surface area contributed by atoms with Gasteiger partial charge in [0.15, 0.2) is 0 Å². The van der Waals surface area contributed by atoms with Gasteiger partial charge in [-0.05, 0) is 43.2 Å². The molecule has 0 aliphatic heterocycles. The molecule has 0 spiro atoms. The van der Waals surface area contributed by atoms with Gasteiger partial charge in [0.1, 0.15) is 18.5 Å². The molecule has 0 aliphatic carbocycles. The van der Waals surface area contributed by atoms with Gasteiger partial charge in [-0.15, -0.1) is 12.4 Å². The number of hydrogen-bond donors (Lipinski definition) is 2. The zero-order valence-corrected chi connectivity index (χ0v) is 14.9. The van der Waals surface area contributed by atoms with E-state index >= 15 is 0 Å². The first kappa shape index (κ1) is 19.8. The van der Waals surface area contributed by atoms with Crippen molar-refractivity contribution < 1.29 is 9.84 Å². The maximum Gasteiger partial charge on any atom is 0.119 e. The van der Waals surface area contributed by atoms with Crippen molar-refractivity contribution in [3.63, 3.8) is 0 Å². The summed E-state index contributed by atoms with van der Waals surface area (Å²) in [4.78, 5) is 0. The lowest BCUT2D eigenvalue weighted by atomic mass is 10.1. The molecule has 0 aliphatic rings. The van der Waals surface area contributed by atoms with Crippen molar-refractivity contribution in [2.24, 2.45) is 0 Å². The second-order valence-electron chi connectivity index (χ2n) is 5.42. The SMILES string of the molecule is Cc1cc(OCC(O)CNC(C)c2ccccc2)ccc1Cl.Cl. The molecule has 126 valence electrons. The van der Waals surface area contributed by atoms with Crippen molar-refractivity contribution in [3.05, 3.63) is 64.7 Å². The average molecular weight is 356 g/mol. The Morgan fingerprint density at radius 3 is 2.52 bits per heavy atom. The fourth-order valence-electron chi connectivity index (χ4n) is 2.13. The quantitative estimate of drug-likeness (QED) is 0.783. The summed E-state index contributed by atoms with van der Waals surface area (Å²) in [6, 6.07) is 15.8. The molecule has 2 aromatic rings. The number of hydrogen-bond acceptors (Lipinski definition) is 3. The number of ether oxygens (including phenoxy) is 1. The summed E-state index contributed by atoms with van der Waals surface area (Å²) < 4.78 is 5.59. The van der Waals surface area contributed by atoms with Crippen LogP contribution in [0.3, 0.4) is 0 Å². The average Bonchev–Trinajstić information content (AvgIpc) is 2.54. The van der Waals surface area contributed by atoms with Crippen molar-refractivity contribution in [1.29, 1.82) is 0 Å². The molecule has 2 aromatic carbocycles. The van der Waals surface area contributed by atoms with Gasteiger partial charge in [0.05, 0.1) is 0 Å². The smallest absolute Gasteiger partial charge is 0.119 e. The molecule has 0 radical (unpaired) electrons. The minimum atomic E-state index is -0.567. The Hall–Kier alpha value is -1.26. The molecule has 3 nitrogen and oxygen atoms in total. The van der Waals surface area contributed by atoms with E-state index in [1.807, 2.05) is 37.3 Å². The van der Waals surface area contributed by atoms with Crippen molar-refractivity contribution in [1.82, 2.24) is 5.32 Å². The van der Waals surface area contributed by atoms with Gasteiger partial charge in [-0.3, -0.25) is 0 Å². The van der Waals surface area contributed by atoms with E-state index in [0.717, 1.165) is 11.3 Å². The molecule has 0 fully saturated rings. The molecule has 0 heterocycles. The molecule has 2 rings (SSSR count). The topological polar surface area (TPSA) is 41.5 Å². The summed E-state index contributed by atoms with van der Waals surface area (Å²) in [5.41, 5.74) is 2.16. The van der Waals surface area contributed by atoms with Crippen LogP contribution < -0.4 is 10.1 Å². The van der Waals surface area contributed by atoms with Gasteiger partial charge in [-0.2, -0.15) is 0 Å². The first-order valence-electron chi connectivity index (χ1n) is 7.41. The summed E-state index contributed by atoms with van der Waals surface area (Å²) in [5, 5.41) is 14.0. The van der Waals surface area contributed by atoms with Crippen LogP contribution in [0.2, 0.25) is 5.02 Å². The van der Waals surface area contributed by atoms with E-state index in [9.17, 15) is 5.11 Å². The van der Waals surface area contributed by atoms with Crippen LogP contribution in [0.15, 0.2) is 48.5 Å². The van der Waals surface area contributed by atoms with E-state index in [1.165, 1.54) is 5.56 Å². The summed E-state index contributed by atoms with van der Waals surface area (Å²) in [7, 11) is 0. The Balaban J connectivity index is 0.00000264. The normalized spacial score (nSPS) is 13.0. The van der Waals surface area contributed by atoms with Crippen molar-refractivity contribution in [3.8, 4) is 5.75 Å². The van der Waals surface area contributed by atoms with Crippen molar-refractivity contribution >= 4 is 24.0 Å². The van der Waals surface area contributed by atoms with Gasteiger partial charge in [0.25, 0.3) is 0 Å². The Kier molecular flexibility index (Phi) is 8.42. The summed E-state index contributed by atoms with van der Waals surface area (Å²) in [6.45, 7) is 4.72. The third-order valence-electron chi connectivity index (χ3n) is 3.53. The second-order valence-corrected chi connectivity index (χ2v) is 5.82. The van der Waals surface area contributed by atoms with Gasteiger partial charge in [0, 0.05) is 17.6 Å². The molecule has 0 amide bonds. The number of aliphatic hydroxyl groups is 1. The molecular formula is C18H23Cl2NO2. The maximum atomic E-state index is 10.0. The number of halogens is 2. The van der Waals surface area contributed by atoms with Crippen LogP contribution in [0.4, 0.5) is 0 Å². The summed E-state index contributed by atoms with van der Waals surface area (Å²) in [5.74, 6) is 0.719. The van der Waals surface area contributed by atoms with Gasteiger partial charge in [-0.25, -0.2) is 0 Å². The van der Waals surface area contributed by atoms with Crippen LogP contribution in [0.25, 0.3) is 0 Å². The van der Waals surface area contributed by atoms with Crippen LogP contribution in [0, 0.1) is 6.92 Å². The van der Waals surface area contributed by atoms with E-state index in [2.05, 4.69) is 24.4 Å². The zero-order valence-electron chi connectivity index (χ0n) is 13.3. The molecule has 2 N–H and O–H groups in total. The lowest BCUT2D eigenvalue weighted by Crippen LogP contribution is -2.33. The van der Waals surface area contributed by atoms with Gasteiger partial charge < -0.3 is 15.2 Å². The van der Waals surface area contributed by atoms with Gasteiger partial charge >= 0.3 is 0 Å². The monoisotopic (exact) mass is 355 g/mol. The van der Waals surface area contributed by atoms with Crippen LogP contribution >= 0.6 is 24.0 Å². The lowest BCUT2D eigenvalue weighted by molar-refractivity contribution is 0.104. The zero-order chi connectivity index (χ0) is 15.9. The number of benzene rings is 2. The molecule has 0 saturated carbocycles. The Morgan fingerprint density at radius 2 is 1.87 bits per heavy atom. The molecule has 2 unspecified atom stereocenters. The molecule has 0 bridgehead atoms. The summed E-state index contributed by atoms with van der Waals surface area (Å²) in [6.07, 6.45) is -0.567. The Bertz CT molecular complexity index is 593. The fourth-order valence-corrected chi connectivity index (χ4v) is 2.25. The van der Waals surface area contributed by atoms with Crippen LogP contribution in [0.1, 0.15) is 24.1 Å². The number of nitrogens with one attached hydrogen (secondary N) is 1. The molecule has 2 atom stereocenters.